The largest absolute Gasteiger partial charge is 0.335 e. The number of rotatable bonds is 15. The average molecular weight is 893 g/mol. The highest BCUT2D eigenvalue weighted by Crippen LogP contribution is 2.30. The van der Waals surface area contributed by atoms with Crippen molar-refractivity contribution < 1.29 is 92.7 Å². The maximum absolute atomic E-state index is 15.4. The van der Waals surface area contributed by atoms with E-state index in [1.165, 1.54) is 71.0 Å². The molecule has 0 aliphatic rings. The number of quaternary nitrogens is 1. The van der Waals surface area contributed by atoms with Gasteiger partial charge in [-0.05, 0) is 25.7 Å². The molecule has 22 heteroatoms. The fourth-order valence-electron chi connectivity index (χ4n) is 6.90. The minimum absolute atomic E-state index is 1.35. The number of nitrogens with one attached hydrogen (secondary N) is 1. The summed E-state index contributed by atoms with van der Waals surface area (Å²) in [7, 11) is 0. The van der Waals surface area contributed by atoms with Crippen LogP contribution in [0.4, 0.5) is 87.8 Å². The number of hydrogen-bond donors (Lipinski definition) is 1. The summed E-state index contributed by atoms with van der Waals surface area (Å²) < 4.78 is 294. The maximum Gasteiger partial charge on any atom is 0.200 e. The minimum atomic E-state index is -7.22. The van der Waals surface area contributed by atoms with Crippen molar-refractivity contribution >= 4 is 28.0 Å². The zero-order chi connectivity index (χ0) is 45.7. The van der Waals surface area contributed by atoms with Crippen molar-refractivity contribution in [1.82, 2.24) is 0 Å². The number of hydrogen-bond acceptors (Lipinski definition) is 0. The highest BCUT2D eigenvalue weighted by atomic mass is 19.2. The summed E-state index contributed by atoms with van der Waals surface area (Å²) in [5.41, 5.74) is -14.3. The smallest absolute Gasteiger partial charge is 0.200 e. The standard InChI is InChI=1S/C24BF20.C14H31N/c26-5-1(6(27)14(35)21(42)13(5)34)25(2-7(28)15(36)22(43)16(37)8(2)29,3-9(30)17(38)23(44)18(39)10(3)31)4-11(32)19(40)24(45)20(41)12(4)33;1-4-7-10-11-14-15(12-8-5-2)13-9-6-3/h;4-14H2,1-3H3/q-1;/p+1. The lowest BCUT2D eigenvalue weighted by Crippen LogP contribution is -3.12. The molecule has 0 aliphatic carbocycles. The van der Waals surface area contributed by atoms with E-state index in [4.69, 9.17) is 0 Å². The zero-order valence-electron chi connectivity index (χ0n) is 31.4. The molecule has 0 aliphatic heterocycles. The summed E-state index contributed by atoms with van der Waals surface area (Å²) >= 11 is 0. The summed E-state index contributed by atoms with van der Waals surface area (Å²) in [6, 6.07) is 0. The lowest BCUT2D eigenvalue weighted by atomic mass is 9.12. The van der Waals surface area contributed by atoms with Crippen molar-refractivity contribution in [3.8, 4) is 0 Å². The van der Waals surface area contributed by atoms with Gasteiger partial charge in [-0.2, -0.15) is 0 Å². The molecule has 0 saturated heterocycles. The van der Waals surface area contributed by atoms with E-state index in [0.717, 1.165) is 0 Å². The SMILES string of the molecule is CCCCCC[NH+](CCCC)CCCC.Fc1c(F)c(F)c([B-](c2c(F)c(F)c(F)c(F)c2F)(c2c(F)c(F)c(F)c(F)c2F)c2c(F)c(F)c(F)c(F)c2F)c(F)c1F. The van der Waals surface area contributed by atoms with E-state index < -0.39 is 144 Å². The molecule has 0 atom stereocenters. The van der Waals surface area contributed by atoms with Gasteiger partial charge in [-0.3, -0.25) is 0 Å². The fourth-order valence-corrected chi connectivity index (χ4v) is 6.90. The van der Waals surface area contributed by atoms with E-state index in [2.05, 4.69) is 20.8 Å². The number of benzene rings is 4. The highest BCUT2D eigenvalue weighted by molar-refractivity contribution is 7.20. The van der Waals surface area contributed by atoms with E-state index >= 15 is 35.1 Å². The Morgan fingerprint density at radius 1 is 0.250 bits per heavy atom. The third-order valence-corrected chi connectivity index (χ3v) is 9.86. The summed E-state index contributed by atoms with van der Waals surface area (Å²) in [6.45, 7) is 11.1. The number of halogens is 20. The first-order valence-corrected chi connectivity index (χ1v) is 18.1. The Bertz CT molecular complexity index is 1820. The van der Waals surface area contributed by atoms with Crippen LogP contribution in [0.2, 0.25) is 0 Å². The van der Waals surface area contributed by atoms with Gasteiger partial charge in [-0.25, -0.2) is 87.8 Å². The molecular weight excluding hydrogens is 861 g/mol. The van der Waals surface area contributed by atoms with Gasteiger partial charge in [0.15, 0.2) is 69.8 Å². The van der Waals surface area contributed by atoms with Gasteiger partial charge in [0.25, 0.3) is 0 Å². The molecule has 1 nitrogen and oxygen atoms in total. The van der Waals surface area contributed by atoms with Crippen LogP contribution in [-0.2, 0) is 0 Å². The predicted octanol–water partition coefficient (Wildman–Crippen LogP) is 8.90. The Morgan fingerprint density at radius 3 is 0.633 bits per heavy atom. The normalized spacial score (nSPS) is 11.8. The van der Waals surface area contributed by atoms with Crippen LogP contribution in [0, 0.1) is 116 Å². The molecule has 4 rings (SSSR count). The molecule has 4 aromatic carbocycles. The Morgan fingerprint density at radius 2 is 0.433 bits per heavy atom. The molecule has 0 amide bonds. The van der Waals surface area contributed by atoms with Crippen LogP contribution in [0.3, 0.4) is 0 Å². The molecule has 0 saturated carbocycles. The molecular formula is C38H32BF20N. The highest BCUT2D eigenvalue weighted by Gasteiger charge is 2.52. The first-order chi connectivity index (χ1) is 28.0. The van der Waals surface area contributed by atoms with Gasteiger partial charge < -0.3 is 4.90 Å². The van der Waals surface area contributed by atoms with Gasteiger partial charge in [0.2, 0.25) is 0 Å². The first kappa shape index (κ1) is 49.9. The quantitative estimate of drug-likeness (QED) is 0.0400. The van der Waals surface area contributed by atoms with Crippen LogP contribution in [0.1, 0.15) is 72.1 Å². The third kappa shape index (κ3) is 8.79. The second kappa shape index (κ2) is 20.4. The molecule has 0 unspecified atom stereocenters. The molecule has 0 radical (unpaired) electrons. The van der Waals surface area contributed by atoms with E-state index in [-0.39, 0.29) is 0 Å². The van der Waals surface area contributed by atoms with Crippen LogP contribution in [0.15, 0.2) is 0 Å². The molecule has 0 bridgehead atoms. The van der Waals surface area contributed by atoms with Crippen molar-refractivity contribution in [1.29, 1.82) is 0 Å². The third-order valence-electron chi connectivity index (χ3n) is 9.86. The molecule has 0 aromatic heterocycles. The van der Waals surface area contributed by atoms with Gasteiger partial charge in [0.1, 0.15) is 52.7 Å². The number of unbranched alkanes of at least 4 members (excludes halogenated alkanes) is 5. The van der Waals surface area contributed by atoms with Crippen molar-refractivity contribution in [2.75, 3.05) is 19.6 Å². The molecule has 0 heterocycles. The van der Waals surface area contributed by atoms with Crippen LogP contribution < -0.4 is 26.8 Å². The van der Waals surface area contributed by atoms with Gasteiger partial charge >= 0.3 is 0 Å². The monoisotopic (exact) mass is 893 g/mol. The first-order valence-electron chi connectivity index (χ1n) is 18.1. The summed E-state index contributed by atoms with van der Waals surface area (Å²) in [5.74, 6) is -71.4. The van der Waals surface area contributed by atoms with Gasteiger partial charge in [0.05, 0.1) is 19.6 Å². The van der Waals surface area contributed by atoms with Crippen molar-refractivity contribution in [2.45, 2.75) is 72.1 Å². The van der Waals surface area contributed by atoms with Crippen LogP contribution in [0.25, 0.3) is 0 Å². The topological polar surface area (TPSA) is 4.44 Å². The van der Waals surface area contributed by atoms with Gasteiger partial charge in [-0.1, -0.05) is 46.5 Å². The zero-order valence-corrected chi connectivity index (χ0v) is 31.4. The molecule has 4 aromatic rings. The minimum Gasteiger partial charge on any atom is -0.335 e. The Balaban J connectivity index is 0.000000544. The Labute approximate surface area is 328 Å². The van der Waals surface area contributed by atoms with Crippen molar-refractivity contribution in [3.63, 3.8) is 0 Å². The maximum atomic E-state index is 15.4. The molecule has 0 spiro atoms. The summed E-state index contributed by atoms with van der Waals surface area (Å²) in [6.07, 6.45) is 3.98. The molecule has 1 N–H and O–H groups in total. The second-order valence-electron chi connectivity index (χ2n) is 13.6. The fraction of sp³-hybridized carbons (Fsp3) is 0.368. The summed E-state index contributed by atoms with van der Waals surface area (Å²) in [5, 5.41) is 0. The van der Waals surface area contributed by atoms with Gasteiger partial charge in [0, 0.05) is 0 Å². The van der Waals surface area contributed by atoms with Crippen molar-refractivity contribution in [3.05, 3.63) is 116 Å². The predicted molar refractivity (Wildman–Crippen MR) is 179 cm³/mol. The lowest BCUT2D eigenvalue weighted by Gasteiger charge is -2.44. The van der Waals surface area contributed by atoms with Gasteiger partial charge in [-0.15, -0.1) is 21.9 Å². The average Bonchev–Trinajstić information content (AvgIpc) is 3.23. The van der Waals surface area contributed by atoms with E-state index in [1.54, 1.807) is 0 Å². The van der Waals surface area contributed by atoms with Crippen LogP contribution >= 0.6 is 0 Å². The molecule has 332 valence electrons. The van der Waals surface area contributed by atoms with Crippen molar-refractivity contribution in [2.24, 2.45) is 0 Å². The van der Waals surface area contributed by atoms with E-state index in [9.17, 15) is 52.7 Å². The van der Waals surface area contributed by atoms with E-state index in [0.29, 0.717) is 0 Å². The van der Waals surface area contributed by atoms with Crippen LogP contribution in [0.5, 0.6) is 0 Å². The van der Waals surface area contributed by atoms with E-state index in [1.807, 2.05) is 4.90 Å². The Kier molecular flexibility index (Phi) is 16.9. The molecule has 0 fully saturated rings. The lowest BCUT2D eigenvalue weighted by molar-refractivity contribution is -0.900. The van der Waals surface area contributed by atoms with Crippen LogP contribution in [-0.4, -0.2) is 25.8 Å². The summed E-state index contributed by atoms with van der Waals surface area (Å²) in [4.78, 5) is 1.86. The Hall–Kier alpha value is -4.50. The molecule has 60 heavy (non-hydrogen) atoms. The second-order valence-corrected chi connectivity index (χ2v) is 13.6.